The van der Waals surface area contributed by atoms with Gasteiger partial charge in [0, 0.05) is 13.1 Å². The molecule has 0 aliphatic heterocycles. The van der Waals surface area contributed by atoms with E-state index in [4.69, 9.17) is 0 Å². The van der Waals surface area contributed by atoms with E-state index in [0.717, 1.165) is 17.8 Å². The summed E-state index contributed by atoms with van der Waals surface area (Å²) in [6, 6.07) is 0.794. The Kier molecular flexibility index (Phi) is 3.30. The Balaban J connectivity index is 2.33. The summed E-state index contributed by atoms with van der Waals surface area (Å²) in [5.74, 6) is -1.42. The van der Waals surface area contributed by atoms with Crippen LogP contribution in [-0.2, 0) is 0 Å². The van der Waals surface area contributed by atoms with E-state index < -0.39 is 11.6 Å². The van der Waals surface area contributed by atoms with Crippen LogP contribution >= 0.6 is 23.1 Å². The smallest absolute Gasteiger partial charge is 0.180 e. The minimum atomic E-state index is -0.721. The second kappa shape index (κ2) is 4.71. The van der Waals surface area contributed by atoms with Crippen molar-refractivity contribution < 1.29 is 8.78 Å². The maximum Gasteiger partial charge on any atom is 0.180 e. The van der Waals surface area contributed by atoms with E-state index in [9.17, 15) is 8.78 Å². The van der Waals surface area contributed by atoms with Crippen LogP contribution in [0.5, 0.6) is 0 Å². The second-order valence-corrected chi connectivity index (χ2v) is 4.73. The van der Waals surface area contributed by atoms with Crippen molar-refractivity contribution >= 4 is 28.9 Å². The van der Waals surface area contributed by atoms with Crippen molar-refractivity contribution in [2.24, 2.45) is 0 Å². The standard InChI is InChI=1S/C8H6F2N4S2/c1-11-6-4(9)2-5(10)7(13-6)16-8-14-12-3-15-8/h2-3H,1H3,(H,11,13). The normalized spacial score (nSPS) is 10.4. The van der Waals surface area contributed by atoms with E-state index in [1.807, 2.05) is 0 Å². The molecule has 0 unspecified atom stereocenters. The van der Waals surface area contributed by atoms with Gasteiger partial charge in [-0.3, -0.25) is 0 Å². The number of anilines is 1. The summed E-state index contributed by atoms with van der Waals surface area (Å²) in [5.41, 5.74) is 1.53. The zero-order valence-corrected chi connectivity index (χ0v) is 9.70. The predicted molar refractivity (Wildman–Crippen MR) is 57.7 cm³/mol. The predicted octanol–water partition coefficient (Wildman–Crippen LogP) is 2.40. The average Bonchev–Trinajstić information content (AvgIpc) is 2.75. The van der Waals surface area contributed by atoms with Crippen LogP contribution in [0, 0.1) is 11.6 Å². The van der Waals surface area contributed by atoms with Crippen molar-refractivity contribution in [1.29, 1.82) is 0 Å². The van der Waals surface area contributed by atoms with Gasteiger partial charge in [0.15, 0.2) is 21.8 Å². The SMILES string of the molecule is CNc1nc(Sc2nncs2)c(F)cc1F. The Bertz CT molecular complexity index is 489. The zero-order chi connectivity index (χ0) is 11.5. The summed E-state index contributed by atoms with van der Waals surface area (Å²) >= 11 is 2.28. The summed E-state index contributed by atoms with van der Waals surface area (Å²) in [4.78, 5) is 3.81. The van der Waals surface area contributed by atoms with E-state index >= 15 is 0 Å². The molecule has 2 rings (SSSR count). The van der Waals surface area contributed by atoms with Crippen molar-refractivity contribution in [3.8, 4) is 0 Å². The number of pyridine rings is 1. The summed E-state index contributed by atoms with van der Waals surface area (Å²) < 4.78 is 27.0. The fourth-order valence-electron chi connectivity index (χ4n) is 0.987. The molecule has 0 aliphatic rings. The maximum absolute atomic E-state index is 13.4. The van der Waals surface area contributed by atoms with E-state index in [0.29, 0.717) is 4.34 Å². The lowest BCUT2D eigenvalue weighted by Gasteiger charge is -2.04. The molecule has 0 atom stereocenters. The van der Waals surface area contributed by atoms with Gasteiger partial charge in [0.05, 0.1) is 0 Å². The largest absolute Gasteiger partial charge is 0.371 e. The van der Waals surface area contributed by atoms with Crippen LogP contribution < -0.4 is 5.32 Å². The first-order valence-electron chi connectivity index (χ1n) is 4.18. The van der Waals surface area contributed by atoms with Crippen molar-refractivity contribution in [3.05, 3.63) is 23.2 Å². The Morgan fingerprint density at radius 1 is 1.38 bits per heavy atom. The molecule has 0 amide bonds. The molecule has 2 aromatic heterocycles. The Labute approximate surface area is 98.1 Å². The van der Waals surface area contributed by atoms with Gasteiger partial charge in [0.2, 0.25) is 0 Å². The quantitative estimate of drug-likeness (QED) is 0.918. The van der Waals surface area contributed by atoms with Crippen LogP contribution in [0.25, 0.3) is 0 Å². The molecule has 16 heavy (non-hydrogen) atoms. The van der Waals surface area contributed by atoms with E-state index in [1.165, 1.54) is 23.9 Å². The van der Waals surface area contributed by atoms with Crippen LogP contribution in [0.3, 0.4) is 0 Å². The summed E-state index contributed by atoms with van der Waals surface area (Å²) in [7, 11) is 1.52. The molecule has 0 aliphatic carbocycles. The van der Waals surface area contributed by atoms with Gasteiger partial charge in [-0.05, 0) is 11.8 Å². The molecule has 84 valence electrons. The first-order chi connectivity index (χ1) is 7.70. The van der Waals surface area contributed by atoms with E-state index in [2.05, 4.69) is 20.5 Å². The lowest BCUT2D eigenvalue weighted by atomic mass is 10.4. The molecular formula is C8H6F2N4S2. The first kappa shape index (κ1) is 11.2. The minimum absolute atomic E-state index is 0.00779. The topological polar surface area (TPSA) is 50.7 Å². The van der Waals surface area contributed by atoms with Gasteiger partial charge in [0.1, 0.15) is 10.5 Å². The molecule has 0 saturated heterocycles. The molecule has 2 heterocycles. The lowest BCUT2D eigenvalue weighted by Crippen LogP contribution is -1.99. The van der Waals surface area contributed by atoms with Crippen LogP contribution in [0.4, 0.5) is 14.6 Å². The lowest BCUT2D eigenvalue weighted by molar-refractivity contribution is 0.551. The molecule has 8 heteroatoms. The first-order valence-corrected chi connectivity index (χ1v) is 5.88. The number of nitrogens with zero attached hydrogens (tertiary/aromatic N) is 3. The fourth-order valence-corrected chi connectivity index (χ4v) is 2.37. The highest BCUT2D eigenvalue weighted by Gasteiger charge is 2.13. The summed E-state index contributed by atoms with van der Waals surface area (Å²) in [5, 5.41) is 9.97. The monoisotopic (exact) mass is 260 g/mol. The number of aromatic nitrogens is 3. The molecule has 0 saturated carbocycles. The van der Waals surface area contributed by atoms with Gasteiger partial charge in [-0.15, -0.1) is 10.2 Å². The van der Waals surface area contributed by atoms with Crippen LogP contribution in [0.1, 0.15) is 0 Å². The molecule has 0 spiro atoms. The molecule has 0 aromatic carbocycles. The molecule has 0 fully saturated rings. The minimum Gasteiger partial charge on any atom is -0.371 e. The fraction of sp³-hybridized carbons (Fsp3) is 0.125. The van der Waals surface area contributed by atoms with Crippen LogP contribution in [0.2, 0.25) is 0 Å². The number of rotatable bonds is 3. The Morgan fingerprint density at radius 2 is 2.19 bits per heavy atom. The molecule has 0 bridgehead atoms. The average molecular weight is 260 g/mol. The Hall–Kier alpha value is -1.28. The van der Waals surface area contributed by atoms with Gasteiger partial charge in [0.25, 0.3) is 0 Å². The molecule has 0 radical (unpaired) electrons. The van der Waals surface area contributed by atoms with Crippen molar-refractivity contribution in [2.75, 3.05) is 12.4 Å². The molecular weight excluding hydrogens is 254 g/mol. The molecule has 2 aromatic rings. The van der Waals surface area contributed by atoms with Crippen molar-refractivity contribution in [1.82, 2.24) is 15.2 Å². The number of nitrogens with one attached hydrogen (secondary N) is 1. The van der Waals surface area contributed by atoms with Crippen LogP contribution in [-0.4, -0.2) is 22.2 Å². The van der Waals surface area contributed by atoms with Gasteiger partial charge < -0.3 is 5.32 Å². The van der Waals surface area contributed by atoms with Crippen LogP contribution in [0.15, 0.2) is 20.9 Å². The van der Waals surface area contributed by atoms with E-state index in [1.54, 1.807) is 0 Å². The third-order valence-electron chi connectivity index (χ3n) is 1.66. The summed E-state index contributed by atoms with van der Waals surface area (Å²) in [6.07, 6.45) is 0. The zero-order valence-electron chi connectivity index (χ0n) is 8.07. The van der Waals surface area contributed by atoms with Gasteiger partial charge in [-0.1, -0.05) is 11.3 Å². The van der Waals surface area contributed by atoms with Crippen molar-refractivity contribution in [2.45, 2.75) is 9.37 Å². The third-order valence-corrected chi connectivity index (χ3v) is 3.42. The highest BCUT2D eigenvalue weighted by atomic mass is 32.2. The van der Waals surface area contributed by atoms with Gasteiger partial charge in [-0.25, -0.2) is 13.8 Å². The maximum atomic E-state index is 13.4. The highest BCUT2D eigenvalue weighted by molar-refractivity contribution is 8.00. The third kappa shape index (κ3) is 2.27. The second-order valence-electron chi connectivity index (χ2n) is 2.66. The number of hydrogen-bond donors (Lipinski definition) is 1. The van der Waals surface area contributed by atoms with E-state index in [-0.39, 0.29) is 10.8 Å². The molecule has 1 N–H and O–H groups in total. The number of hydrogen-bond acceptors (Lipinski definition) is 6. The Morgan fingerprint density at radius 3 is 2.81 bits per heavy atom. The summed E-state index contributed by atoms with van der Waals surface area (Å²) in [6.45, 7) is 0. The number of halogens is 2. The highest BCUT2D eigenvalue weighted by Crippen LogP contribution is 2.30. The van der Waals surface area contributed by atoms with Gasteiger partial charge >= 0.3 is 0 Å². The van der Waals surface area contributed by atoms with Gasteiger partial charge in [-0.2, -0.15) is 0 Å². The molecule has 4 nitrogen and oxygen atoms in total. The van der Waals surface area contributed by atoms with Crippen molar-refractivity contribution in [3.63, 3.8) is 0 Å².